The zero-order valence-electron chi connectivity index (χ0n) is 13.5. The number of esters is 1. The van der Waals surface area contributed by atoms with Gasteiger partial charge in [0.1, 0.15) is 0 Å². The van der Waals surface area contributed by atoms with Crippen LogP contribution in [0.2, 0.25) is 0 Å². The van der Waals surface area contributed by atoms with Crippen molar-refractivity contribution >= 4 is 13.6 Å². The molecule has 2 N–H and O–H groups in total. The van der Waals surface area contributed by atoms with E-state index in [2.05, 4.69) is 0 Å². The molecule has 3 atom stereocenters. The first-order chi connectivity index (χ1) is 10.3. The molecule has 0 aliphatic carbocycles. The Hall–Kier alpha value is -0.460. The Morgan fingerprint density at radius 3 is 2.55 bits per heavy atom. The molecule has 0 aromatic rings. The molecule has 1 aliphatic heterocycles. The minimum absolute atomic E-state index is 0.0185. The standard InChI is InChI=1S/C14H27O7P/c1-4-14(22(16,17)18,13(15)19-5-2)10-11(3)21-12-8-6-7-9-20-12/h11-12H,4-10H2,1-3H3,(H2,16,17,18). The summed E-state index contributed by atoms with van der Waals surface area (Å²) in [6, 6.07) is 0. The van der Waals surface area contributed by atoms with Crippen LogP contribution in [0, 0.1) is 0 Å². The molecule has 0 radical (unpaired) electrons. The van der Waals surface area contributed by atoms with E-state index in [1.54, 1.807) is 20.8 Å². The van der Waals surface area contributed by atoms with Crippen molar-refractivity contribution < 1.29 is 33.4 Å². The Morgan fingerprint density at radius 1 is 1.41 bits per heavy atom. The van der Waals surface area contributed by atoms with Gasteiger partial charge < -0.3 is 24.0 Å². The van der Waals surface area contributed by atoms with Crippen LogP contribution in [0.1, 0.15) is 52.9 Å². The lowest BCUT2D eigenvalue weighted by Crippen LogP contribution is -2.43. The third-order valence-corrected chi connectivity index (χ3v) is 5.74. The van der Waals surface area contributed by atoms with E-state index in [-0.39, 0.29) is 25.7 Å². The van der Waals surface area contributed by atoms with Crippen molar-refractivity contribution in [1.29, 1.82) is 0 Å². The van der Waals surface area contributed by atoms with Gasteiger partial charge in [0, 0.05) is 13.0 Å². The fraction of sp³-hybridized carbons (Fsp3) is 0.929. The van der Waals surface area contributed by atoms with Crippen molar-refractivity contribution in [3.63, 3.8) is 0 Å². The van der Waals surface area contributed by atoms with Gasteiger partial charge in [-0.25, -0.2) is 0 Å². The van der Waals surface area contributed by atoms with Crippen LogP contribution in [0.4, 0.5) is 0 Å². The number of carbonyl (C=O) groups excluding carboxylic acids is 1. The highest BCUT2D eigenvalue weighted by Crippen LogP contribution is 2.56. The molecule has 0 bridgehead atoms. The Bertz CT molecular complexity index is 402. The molecule has 130 valence electrons. The molecular formula is C14H27O7P. The lowest BCUT2D eigenvalue weighted by molar-refractivity contribution is -0.188. The number of hydrogen-bond acceptors (Lipinski definition) is 5. The SMILES string of the molecule is CCOC(=O)C(CC)(CC(C)OC1CCCCO1)P(=O)(O)O. The third kappa shape index (κ3) is 4.77. The second-order valence-electron chi connectivity index (χ2n) is 5.60. The van der Waals surface area contributed by atoms with Crippen molar-refractivity contribution in [2.45, 2.75) is 70.4 Å². The van der Waals surface area contributed by atoms with Gasteiger partial charge >= 0.3 is 13.6 Å². The van der Waals surface area contributed by atoms with Crippen molar-refractivity contribution in [1.82, 2.24) is 0 Å². The van der Waals surface area contributed by atoms with Crippen molar-refractivity contribution in [3.05, 3.63) is 0 Å². The van der Waals surface area contributed by atoms with Gasteiger partial charge in [-0.15, -0.1) is 0 Å². The highest BCUT2D eigenvalue weighted by molar-refractivity contribution is 7.54. The molecule has 8 heteroatoms. The molecule has 7 nitrogen and oxygen atoms in total. The zero-order valence-corrected chi connectivity index (χ0v) is 14.4. The summed E-state index contributed by atoms with van der Waals surface area (Å²) in [6.45, 7) is 5.55. The Labute approximate surface area is 131 Å². The Balaban J connectivity index is 2.82. The molecule has 0 amide bonds. The molecular weight excluding hydrogens is 311 g/mol. The smallest absolute Gasteiger partial charge is 0.342 e. The first kappa shape index (κ1) is 19.6. The summed E-state index contributed by atoms with van der Waals surface area (Å²) >= 11 is 0. The summed E-state index contributed by atoms with van der Waals surface area (Å²) in [5.41, 5.74) is 0. The predicted molar refractivity (Wildman–Crippen MR) is 80.5 cm³/mol. The zero-order chi connectivity index (χ0) is 16.8. The van der Waals surface area contributed by atoms with E-state index in [1.807, 2.05) is 0 Å². The van der Waals surface area contributed by atoms with Gasteiger partial charge in [0.05, 0.1) is 12.7 Å². The van der Waals surface area contributed by atoms with E-state index in [1.165, 1.54) is 0 Å². The largest absolute Gasteiger partial charge is 0.465 e. The molecule has 22 heavy (non-hydrogen) atoms. The first-order valence-electron chi connectivity index (χ1n) is 7.76. The average Bonchev–Trinajstić information content (AvgIpc) is 2.44. The molecule has 1 rings (SSSR count). The Morgan fingerprint density at radius 2 is 2.09 bits per heavy atom. The van der Waals surface area contributed by atoms with Crippen LogP contribution < -0.4 is 0 Å². The highest BCUT2D eigenvalue weighted by atomic mass is 31.2. The van der Waals surface area contributed by atoms with Crippen LogP contribution in [-0.2, 0) is 23.6 Å². The first-order valence-corrected chi connectivity index (χ1v) is 9.38. The highest BCUT2D eigenvalue weighted by Gasteiger charge is 2.54. The van der Waals surface area contributed by atoms with Gasteiger partial charge in [0.25, 0.3) is 0 Å². The molecule has 0 saturated carbocycles. The number of carbonyl (C=O) groups is 1. The normalized spacial score (nSPS) is 23.6. The summed E-state index contributed by atoms with van der Waals surface area (Å²) in [5, 5.41) is -1.86. The van der Waals surface area contributed by atoms with E-state index in [0.717, 1.165) is 19.3 Å². The number of rotatable bonds is 8. The molecule has 0 spiro atoms. The lowest BCUT2D eigenvalue weighted by atomic mass is 9.98. The van der Waals surface area contributed by atoms with Gasteiger partial charge in [-0.3, -0.25) is 9.36 Å². The summed E-state index contributed by atoms with van der Waals surface area (Å²) in [6.07, 6.45) is 1.70. The van der Waals surface area contributed by atoms with Gasteiger partial charge in [-0.1, -0.05) is 6.92 Å². The third-order valence-electron chi connectivity index (χ3n) is 3.95. The van der Waals surface area contributed by atoms with Crippen LogP contribution in [0.3, 0.4) is 0 Å². The average molecular weight is 338 g/mol. The van der Waals surface area contributed by atoms with Crippen LogP contribution in [0.15, 0.2) is 0 Å². The molecule has 1 saturated heterocycles. The summed E-state index contributed by atoms with van der Waals surface area (Å²) in [4.78, 5) is 31.6. The molecule has 1 fully saturated rings. The van der Waals surface area contributed by atoms with Gasteiger partial charge in [-0.05, 0) is 39.5 Å². The van der Waals surface area contributed by atoms with E-state index < -0.39 is 24.8 Å². The molecule has 0 aromatic heterocycles. The van der Waals surface area contributed by atoms with Crippen molar-refractivity contribution in [2.24, 2.45) is 0 Å². The number of ether oxygens (including phenoxy) is 3. The second-order valence-corrected chi connectivity index (χ2v) is 7.54. The topological polar surface area (TPSA) is 102 Å². The molecule has 1 heterocycles. The van der Waals surface area contributed by atoms with Gasteiger partial charge in [0.15, 0.2) is 11.4 Å². The molecule has 3 unspecified atom stereocenters. The van der Waals surface area contributed by atoms with Crippen LogP contribution >= 0.6 is 7.60 Å². The van der Waals surface area contributed by atoms with Crippen LogP contribution in [0.25, 0.3) is 0 Å². The summed E-state index contributed by atoms with van der Waals surface area (Å²) < 4.78 is 28.0. The Kier molecular flexibility index (Phi) is 7.49. The quantitative estimate of drug-likeness (QED) is 0.516. The maximum absolute atomic E-state index is 12.2. The second kappa shape index (κ2) is 8.41. The predicted octanol–water partition coefficient (Wildman–Crippen LogP) is 2.20. The van der Waals surface area contributed by atoms with E-state index in [9.17, 15) is 19.1 Å². The fourth-order valence-electron chi connectivity index (χ4n) is 2.68. The van der Waals surface area contributed by atoms with Gasteiger partial charge in [-0.2, -0.15) is 0 Å². The molecule has 0 aromatic carbocycles. The summed E-state index contributed by atoms with van der Waals surface area (Å²) in [5.74, 6) is -0.870. The van der Waals surface area contributed by atoms with Crippen molar-refractivity contribution in [2.75, 3.05) is 13.2 Å². The summed E-state index contributed by atoms with van der Waals surface area (Å²) in [7, 11) is -4.70. The maximum Gasteiger partial charge on any atom is 0.342 e. The minimum atomic E-state index is -4.70. The van der Waals surface area contributed by atoms with E-state index >= 15 is 0 Å². The van der Waals surface area contributed by atoms with Crippen molar-refractivity contribution in [3.8, 4) is 0 Å². The lowest BCUT2D eigenvalue weighted by Gasteiger charge is -2.34. The minimum Gasteiger partial charge on any atom is -0.465 e. The number of hydrogen-bond donors (Lipinski definition) is 2. The van der Waals surface area contributed by atoms with E-state index in [4.69, 9.17) is 14.2 Å². The van der Waals surface area contributed by atoms with E-state index in [0.29, 0.717) is 6.61 Å². The maximum atomic E-state index is 12.2. The van der Waals surface area contributed by atoms with Gasteiger partial charge in [0.2, 0.25) is 0 Å². The monoisotopic (exact) mass is 338 g/mol. The fourth-order valence-corrected chi connectivity index (χ4v) is 3.89. The molecule has 1 aliphatic rings. The van der Waals surface area contributed by atoms with Crippen LogP contribution in [0.5, 0.6) is 0 Å². The van der Waals surface area contributed by atoms with Crippen LogP contribution in [-0.4, -0.2) is 46.5 Å².